The zero-order valence-electron chi connectivity index (χ0n) is 22.9. The first-order valence-electron chi connectivity index (χ1n) is 13.9. The molecule has 1 aliphatic heterocycles. The number of piperidine rings is 1. The molecule has 4 heterocycles. The van der Waals surface area contributed by atoms with Gasteiger partial charge in [0.05, 0.1) is 17.3 Å². The molecule has 2 amide bonds. The Bertz CT molecular complexity index is 1320. The molecule has 2 aliphatic rings. The van der Waals surface area contributed by atoms with Gasteiger partial charge in [-0.15, -0.1) is 0 Å². The summed E-state index contributed by atoms with van der Waals surface area (Å²) in [6, 6.07) is 8.90. The topological polar surface area (TPSA) is 94.3 Å². The number of aromatic nitrogens is 4. The number of pyridine rings is 2. The van der Waals surface area contributed by atoms with E-state index in [9.17, 15) is 9.59 Å². The van der Waals surface area contributed by atoms with Crippen molar-refractivity contribution in [3.63, 3.8) is 0 Å². The Morgan fingerprint density at radius 2 is 1.84 bits per heavy atom. The van der Waals surface area contributed by atoms with Crippen molar-refractivity contribution in [1.82, 2.24) is 29.3 Å². The maximum atomic E-state index is 13.5. The summed E-state index contributed by atoms with van der Waals surface area (Å²) < 4.78 is 9.43. The van der Waals surface area contributed by atoms with E-state index in [0.717, 1.165) is 55.8 Å². The third-order valence-electron chi connectivity index (χ3n) is 7.79. The second kappa shape index (κ2) is 11.4. The summed E-state index contributed by atoms with van der Waals surface area (Å²) in [5.41, 5.74) is 3.64. The zero-order valence-corrected chi connectivity index (χ0v) is 23.9. The van der Waals surface area contributed by atoms with Gasteiger partial charge in [0.1, 0.15) is 6.73 Å². The van der Waals surface area contributed by atoms with Gasteiger partial charge >= 0.3 is 11.7 Å². The van der Waals surface area contributed by atoms with Gasteiger partial charge in [-0.25, -0.2) is 14.6 Å². The van der Waals surface area contributed by atoms with Crippen molar-refractivity contribution in [3.05, 3.63) is 58.4 Å². The van der Waals surface area contributed by atoms with Gasteiger partial charge in [0, 0.05) is 46.2 Å². The molecule has 0 radical (unpaired) electrons. The van der Waals surface area contributed by atoms with E-state index in [-0.39, 0.29) is 30.5 Å². The number of urea groups is 1. The molecule has 3 aromatic rings. The number of fused-ring (bicyclic) bond motifs is 2. The highest BCUT2D eigenvalue weighted by atomic mass is 28.3. The third-order valence-corrected chi connectivity index (χ3v) is 9.50. The Hall–Kier alpha value is -2.98. The van der Waals surface area contributed by atoms with Crippen molar-refractivity contribution in [1.29, 1.82) is 0 Å². The van der Waals surface area contributed by atoms with E-state index in [1.807, 2.05) is 33.9 Å². The van der Waals surface area contributed by atoms with E-state index in [4.69, 9.17) is 4.74 Å². The Morgan fingerprint density at radius 3 is 2.63 bits per heavy atom. The number of ether oxygens (including phenoxy) is 1. The average Bonchev–Trinajstić information content (AvgIpc) is 3.03. The Morgan fingerprint density at radius 1 is 1.08 bits per heavy atom. The number of carbonyl (C=O) groups excluding carboxylic acids is 1. The number of carbonyl (C=O) groups is 1. The van der Waals surface area contributed by atoms with Crippen LogP contribution in [0.1, 0.15) is 55.4 Å². The molecule has 38 heavy (non-hydrogen) atoms. The van der Waals surface area contributed by atoms with Crippen LogP contribution in [-0.4, -0.2) is 57.8 Å². The van der Waals surface area contributed by atoms with Crippen LogP contribution in [0.3, 0.4) is 0 Å². The molecule has 1 atom stereocenters. The highest BCUT2D eigenvalue weighted by Gasteiger charge is 2.30. The summed E-state index contributed by atoms with van der Waals surface area (Å²) in [6.07, 6.45) is 9.10. The van der Waals surface area contributed by atoms with Gasteiger partial charge in [-0.1, -0.05) is 32.1 Å². The summed E-state index contributed by atoms with van der Waals surface area (Å²) in [7, 11) is -1.21. The maximum absolute atomic E-state index is 13.5. The van der Waals surface area contributed by atoms with Crippen LogP contribution in [0.15, 0.2) is 41.5 Å². The van der Waals surface area contributed by atoms with E-state index in [1.165, 1.54) is 5.56 Å². The molecule has 1 saturated heterocycles. The Labute approximate surface area is 225 Å². The number of imidazole rings is 1. The monoisotopic (exact) mass is 536 g/mol. The van der Waals surface area contributed by atoms with Crippen LogP contribution in [0.2, 0.25) is 25.7 Å². The van der Waals surface area contributed by atoms with E-state index in [1.54, 1.807) is 10.8 Å². The minimum absolute atomic E-state index is 0.0155. The standard InChI is InChI=1S/C28H40N6O3Si/c1-38(2,3)19-18-37-20-33-26-24(11-7-15-30-26)34(28(33)36)22-12-16-32(17-13-22)27(35)31-23-10-5-4-8-21-9-6-14-29-25(21)23/h6-7,9,11,14-15,22-23H,4-5,8,10,12-13,16-20H2,1-3H3,(H,31,35)/t23-/m1/s1. The highest BCUT2D eigenvalue weighted by molar-refractivity contribution is 6.76. The lowest BCUT2D eigenvalue weighted by molar-refractivity contribution is 0.0861. The van der Waals surface area contributed by atoms with Crippen LogP contribution in [0, 0.1) is 0 Å². The lowest BCUT2D eigenvalue weighted by atomic mass is 10.0. The first kappa shape index (κ1) is 26.6. The number of rotatable bonds is 7. The van der Waals surface area contributed by atoms with E-state index in [2.05, 4.69) is 41.0 Å². The van der Waals surface area contributed by atoms with Crippen molar-refractivity contribution in [3.8, 4) is 0 Å². The number of nitrogens with zero attached hydrogens (tertiary/aromatic N) is 5. The minimum atomic E-state index is -1.21. The first-order valence-corrected chi connectivity index (χ1v) is 17.7. The normalized spacial score (nSPS) is 18.8. The zero-order chi connectivity index (χ0) is 26.7. The molecule has 0 saturated carbocycles. The predicted molar refractivity (Wildman–Crippen MR) is 151 cm³/mol. The van der Waals surface area contributed by atoms with Crippen LogP contribution in [-0.2, 0) is 17.9 Å². The van der Waals surface area contributed by atoms with Gasteiger partial charge in [-0.05, 0) is 61.9 Å². The van der Waals surface area contributed by atoms with Crippen molar-refractivity contribution in [2.24, 2.45) is 0 Å². The second-order valence-corrected chi connectivity index (χ2v) is 17.4. The van der Waals surface area contributed by atoms with Crippen molar-refractivity contribution in [2.45, 2.75) is 83.0 Å². The fraction of sp³-hybridized carbons (Fsp3) is 0.571. The molecule has 0 unspecified atom stereocenters. The number of hydrogen-bond donors (Lipinski definition) is 1. The summed E-state index contributed by atoms with van der Waals surface area (Å²) in [5.74, 6) is 0. The van der Waals surface area contributed by atoms with Crippen molar-refractivity contribution in [2.75, 3.05) is 19.7 Å². The molecule has 1 aliphatic carbocycles. The molecule has 5 rings (SSSR count). The molecule has 3 aromatic heterocycles. The summed E-state index contributed by atoms with van der Waals surface area (Å²) in [4.78, 5) is 37.7. The Balaban J connectivity index is 1.25. The van der Waals surface area contributed by atoms with Crippen molar-refractivity contribution < 1.29 is 9.53 Å². The fourth-order valence-corrected chi connectivity index (χ4v) is 6.35. The number of amides is 2. The number of nitrogens with one attached hydrogen (secondary N) is 1. The predicted octanol–water partition coefficient (Wildman–Crippen LogP) is 4.72. The summed E-state index contributed by atoms with van der Waals surface area (Å²) >= 11 is 0. The number of likely N-dealkylation sites (tertiary alicyclic amines) is 1. The number of hydrogen-bond acceptors (Lipinski definition) is 5. The van der Waals surface area contributed by atoms with Crippen LogP contribution in [0.5, 0.6) is 0 Å². The molecule has 10 heteroatoms. The fourth-order valence-electron chi connectivity index (χ4n) is 5.60. The van der Waals surface area contributed by atoms with Gasteiger partial charge in [-0.2, -0.15) is 0 Å². The summed E-state index contributed by atoms with van der Waals surface area (Å²) in [6.45, 7) is 9.01. The Kier molecular flexibility index (Phi) is 7.99. The molecular formula is C28H40N6O3Si. The smallest absolute Gasteiger partial charge is 0.332 e. The van der Waals surface area contributed by atoms with Gasteiger partial charge in [0.2, 0.25) is 0 Å². The average molecular weight is 537 g/mol. The van der Waals surface area contributed by atoms with E-state index < -0.39 is 8.07 Å². The van der Waals surface area contributed by atoms with Crippen LogP contribution >= 0.6 is 0 Å². The molecule has 0 spiro atoms. The third kappa shape index (κ3) is 5.86. The molecule has 9 nitrogen and oxygen atoms in total. The largest absolute Gasteiger partial charge is 0.361 e. The van der Waals surface area contributed by atoms with Gasteiger partial charge < -0.3 is 15.0 Å². The SMILES string of the molecule is C[Si](C)(C)CCOCn1c(=O)n(C2CCN(C(=O)N[C@@H]3CCCCc4cccnc43)CC2)c2cccnc21. The quantitative estimate of drug-likeness (QED) is 0.268. The lowest BCUT2D eigenvalue weighted by Crippen LogP contribution is -2.46. The highest BCUT2D eigenvalue weighted by Crippen LogP contribution is 2.29. The maximum Gasteiger partial charge on any atom is 0.332 e. The van der Waals surface area contributed by atoms with E-state index >= 15 is 0 Å². The molecule has 0 bridgehead atoms. The van der Waals surface area contributed by atoms with Crippen LogP contribution < -0.4 is 11.0 Å². The molecule has 0 aromatic carbocycles. The van der Waals surface area contributed by atoms with Gasteiger partial charge in [-0.3, -0.25) is 14.1 Å². The van der Waals surface area contributed by atoms with Crippen LogP contribution in [0.25, 0.3) is 11.2 Å². The van der Waals surface area contributed by atoms with Gasteiger partial charge in [0.25, 0.3) is 0 Å². The minimum Gasteiger partial charge on any atom is -0.361 e. The molecule has 1 fully saturated rings. The second-order valence-electron chi connectivity index (χ2n) is 11.8. The van der Waals surface area contributed by atoms with Crippen molar-refractivity contribution >= 4 is 25.3 Å². The van der Waals surface area contributed by atoms with Crippen LogP contribution in [0.4, 0.5) is 4.79 Å². The summed E-state index contributed by atoms with van der Waals surface area (Å²) in [5, 5.41) is 3.25. The number of aryl methyl sites for hydroxylation is 1. The first-order chi connectivity index (χ1) is 18.3. The van der Waals surface area contributed by atoms with E-state index in [0.29, 0.717) is 25.3 Å². The molecule has 204 valence electrons. The van der Waals surface area contributed by atoms with Gasteiger partial charge in [0.15, 0.2) is 5.65 Å². The lowest BCUT2D eigenvalue weighted by Gasteiger charge is -2.33. The molecular weight excluding hydrogens is 496 g/mol. The molecule has 1 N–H and O–H groups in total.